The summed E-state index contributed by atoms with van der Waals surface area (Å²) in [6.45, 7) is 1.90. The van der Waals surface area contributed by atoms with E-state index in [1.54, 1.807) is 6.20 Å². The van der Waals surface area contributed by atoms with E-state index in [1.165, 1.54) is 16.1 Å². The van der Waals surface area contributed by atoms with Crippen LogP contribution in [0.4, 0.5) is 5.95 Å². The van der Waals surface area contributed by atoms with Crippen molar-refractivity contribution in [3.63, 3.8) is 0 Å². The van der Waals surface area contributed by atoms with Crippen molar-refractivity contribution in [3.8, 4) is 11.3 Å². The van der Waals surface area contributed by atoms with Crippen LogP contribution < -0.4 is 11.1 Å². The molecular formula is C23H29N5O2S. The minimum Gasteiger partial charge on any atom is -0.354 e. The van der Waals surface area contributed by atoms with E-state index in [2.05, 4.69) is 27.4 Å². The first-order chi connectivity index (χ1) is 15.0. The van der Waals surface area contributed by atoms with Gasteiger partial charge in [-0.2, -0.15) is 4.31 Å². The highest BCUT2D eigenvalue weighted by Crippen LogP contribution is 2.20. The number of hydrogen-bond acceptors (Lipinski definition) is 6. The van der Waals surface area contributed by atoms with Crippen molar-refractivity contribution in [1.29, 1.82) is 0 Å². The van der Waals surface area contributed by atoms with E-state index in [9.17, 15) is 8.42 Å². The van der Waals surface area contributed by atoms with Gasteiger partial charge in [0.1, 0.15) is 0 Å². The second kappa shape index (κ2) is 11.0. The standard InChI is InChI=1S/C23H29N5O2S/c1-31(29,30)28(16-6-13-24)18-20-9-5-10-21(17-20)22-12-15-26-23(27-22)25-14-11-19-7-3-2-4-8-19/h2-5,7-10,12,15,17H,6,11,13-14,16,18,24H2,1H3,(H,25,26,27). The lowest BCUT2D eigenvalue weighted by Crippen LogP contribution is -2.31. The molecule has 0 aliphatic heterocycles. The van der Waals surface area contributed by atoms with Gasteiger partial charge in [-0.25, -0.2) is 18.4 Å². The van der Waals surface area contributed by atoms with Crippen LogP contribution >= 0.6 is 0 Å². The Kier molecular flexibility index (Phi) is 8.11. The van der Waals surface area contributed by atoms with Gasteiger partial charge in [0.25, 0.3) is 0 Å². The third kappa shape index (κ3) is 7.13. The summed E-state index contributed by atoms with van der Waals surface area (Å²) in [5, 5.41) is 3.27. The molecule has 0 saturated heterocycles. The molecule has 1 aromatic heterocycles. The molecule has 3 rings (SSSR count). The molecule has 0 bridgehead atoms. The Morgan fingerprint density at radius 2 is 1.81 bits per heavy atom. The quantitative estimate of drug-likeness (QED) is 0.476. The van der Waals surface area contributed by atoms with Gasteiger partial charge in [-0.1, -0.05) is 48.5 Å². The second-order valence-corrected chi connectivity index (χ2v) is 9.35. The minimum absolute atomic E-state index is 0.305. The van der Waals surface area contributed by atoms with Gasteiger partial charge in [0.05, 0.1) is 11.9 Å². The average molecular weight is 440 g/mol. The lowest BCUT2D eigenvalue weighted by Gasteiger charge is -2.20. The van der Waals surface area contributed by atoms with Gasteiger partial charge in [0.2, 0.25) is 16.0 Å². The summed E-state index contributed by atoms with van der Waals surface area (Å²) in [7, 11) is -3.31. The molecule has 0 amide bonds. The maximum absolute atomic E-state index is 12.1. The van der Waals surface area contributed by atoms with Crippen molar-refractivity contribution < 1.29 is 8.42 Å². The first kappa shape index (κ1) is 22.9. The molecule has 0 radical (unpaired) electrons. The highest BCUT2D eigenvalue weighted by atomic mass is 32.2. The molecule has 3 aromatic rings. The average Bonchev–Trinajstić information content (AvgIpc) is 2.77. The predicted molar refractivity (Wildman–Crippen MR) is 125 cm³/mol. The molecule has 0 fully saturated rings. The molecular weight excluding hydrogens is 410 g/mol. The highest BCUT2D eigenvalue weighted by Gasteiger charge is 2.16. The summed E-state index contributed by atoms with van der Waals surface area (Å²) in [4.78, 5) is 8.93. The number of sulfonamides is 1. The van der Waals surface area contributed by atoms with E-state index < -0.39 is 10.0 Å². The van der Waals surface area contributed by atoms with Crippen LogP contribution in [0.2, 0.25) is 0 Å². The fraction of sp³-hybridized carbons (Fsp3) is 0.304. The Morgan fingerprint density at radius 3 is 2.55 bits per heavy atom. The Hall–Kier alpha value is -2.81. The molecule has 164 valence electrons. The van der Waals surface area contributed by atoms with Gasteiger partial charge in [-0.3, -0.25) is 0 Å². The van der Waals surface area contributed by atoms with Crippen LogP contribution in [0, 0.1) is 0 Å². The number of nitrogens with zero attached hydrogens (tertiary/aromatic N) is 3. The first-order valence-corrected chi connectivity index (χ1v) is 12.2. The monoisotopic (exact) mass is 439 g/mol. The topological polar surface area (TPSA) is 101 Å². The molecule has 3 N–H and O–H groups in total. The summed E-state index contributed by atoms with van der Waals surface area (Å²) >= 11 is 0. The van der Waals surface area contributed by atoms with E-state index in [1.807, 2.05) is 48.5 Å². The van der Waals surface area contributed by atoms with Crippen LogP contribution in [0.5, 0.6) is 0 Å². The zero-order valence-corrected chi connectivity index (χ0v) is 18.6. The highest BCUT2D eigenvalue weighted by molar-refractivity contribution is 7.88. The van der Waals surface area contributed by atoms with Gasteiger partial charge < -0.3 is 11.1 Å². The maximum atomic E-state index is 12.1. The fourth-order valence-electron chi connectivity index (χ4n) is 3.23. The van der Waals surface area contributed by atoms with E-state index >= 15 is 0 Å². The van der Waals surface area contributed by atoms with Gasteiger partial charge >= 0.3 is 0 Å². The smallest absolute Gasteiger partial charge is 0.223 e. The number of nitrogens with one attached hydrogen (secondary N) is 1. The minimum atomic E-state index is -3.31. The second-order valence-electron chi connectivity index (χ2n) is 7.37. The third-order valence-corrected chi connectivity index (χ3v) is 6.11. The molecule has 8 heteroatoms. The summed E-state index contributed by atoms with van der Waals surface area (Å²) in [6, 6.07) is 19.9. The Labute approximate surface area is 184 Å². The Bertz CT molecular complexity index is 1070. The molecule has 0 spiro atoms. The molecule has 0 unspecified atom stereocenters. The maximum Gasteiger partial charge on any atom is 0.223 e. The fourth-order valence-corrected chi connectivity index (χ4v) is 4.07. The predicted octanol–water partition coefficient (Wildman–Crippen LogP) is 2.91. The van der Waals surface area contributed by atoms with Crippen LogP contribution in [-0.2, 0) is 23.0 Å². The van der Waals surface area contributed by atoms with Gasteiger partial charge in [0.15, 0.2) is 0 Å². The third-order valence-electron chi connectivity index (χ3n) is 4.86. The molecule has 1 heterocycles. The molecule has 0 aliphatic carbocycles. The van der Waals surface area contributed by atoms with Crippen LogP contribution in [0.25, 0.3) is 11.3 Å². The summed E-state index contributed by atoms with van der Waals surface area (Å²) in [6.07, 6.45) is 4.46. The molecule has 2 aromatic carbocycles. The van der Waals surface area contributed by atoms with Crippen molar-refractivity contribution in [3.05, 3.63) is 78.0 Å². The summed E-state index contributed by atoms with van der Waals surface area (Å²) < 4.78 is 25.7. The van der Waals surface area contributed by atoms with Crippen LogP contribution in [0.3, 0.4) is 0 Å². The lowest BCUT2D eigenvalue weighted by atomic mass is 10.1. The first-order valence-electron chi connectivity index (χ1n) is 10.3. The van der Waals surface area contributed by atoms with E-state index in [0.29, 0.717) is 32.0 Å². The number of nitrogens with two attached hydrogens (primary N) is 1. The lowest BCUT2D eigenvalue weighted by molar-refractivity contribution is 0.405. The van der Waals surface area contributed by atoms with Crippen molar-refractivity contribution in [1.82, 2.24) is 14.3 Å². The van der Waals surface area contributed by atoms with E-state index in [-0.39, 0.29) is 0 Å². The molecule has 0 atom stereocenters. The van der Waals surface area contributed by atoms with Crippen molar-refractivity contribution >= 4 is 16.0 Å². The molecule has 31 heavy (non-hydrogen) atoms. The van der Waals surface area contributed by atoms with Crippen LogP contribution in [0.1, 0.15) is 17.5 Å². The van der Waals surface area contributed by atoms with Crippen LogP contribution in [-0.4, -0.2) is 48.6 Å². The van der Waals surface area contributed by atoms with Crippen LogP contribution in [0.15, 0.2) is 66.9 Å². The van der Waals surface area contributed by atoms with Gasteiger partial charge in [0, 0.05) is 31.4 Å². The Balaban J connectivity index is 1.69. The van der Waals surface area contributed by atoms with Crippen molar-refractivity contribution in [2.24, 2.45) is 5.73 Å². The Morgan fingerprint density at radius 1 is 1.03 bits per heavy atom. The van der Waals surface area contributed by atoms with Crippen molar-refractivity contribution in [2.75, 3.05) is 31.2 Å². The number of hydrogen-bond donors (Lipinski definition) is 2. The molecule has 0 saturated carbocycles. The largest absolute Gasteiger partial charge is 0.354 e. The molecule has 0 aliphatic rings. The number of anilines is 1. The normalized spacial score (nSPS) is 11.6. The molecule has 7 nitrogen and oxygen atoms in total. The SMILES string of the molecule is CS(=O)(=O)N(CCCN)Cc1cccc(-c2ccnc(NCCc3ccccc3)n2)c1. The zero-order chi connectivity index (χ0) is 22.1. The summed E-state index contributed by atoms with van der Waals surface area (Å²) in [5.74, 6) is 0.569. The van der Waals surface area contributed by atoms with Crippen molar-refractivity contribution in [2.45, 2.75) is 19.4 Å². The van der Waals surface area contributed by atoms with Gasteiger partial charge in [-0.05, 0) is 42.6 Å². The van der Waals surface area contributed by atoms with Gasteiger partial charge in [-0.15, -0.1) is 0 Å². The number of benzene rings is 2. The number of rotatable bonds is 11. The van der Waals surface area contributed by atoms with E-state index in [4.69, 9.17) is 5.73 Å². The van der Waals surface area contributed by atoms with E-state index in [0.717, 1.165) is 29.8 Å². The zero-order valence-electron chi connectivity index (χ0n) is 17.7. The number of aromatic nitrogens is 2. The summed E-state index contributed by atoms with van der Waals surface area (Å²) in [5.41, 5.74) is 9.41.